The van der Waals surface area contributed by atoms with Crippen molar-refractivity contribution in [3.63, 3.8) is 0 Å². The van der Waals surface area contributed by atoms with Gasteiger partial charge in [-0.25, -0.2) is 14.6 Å². The highest BCUT2D eigenvalue weighted by Gasteiger charge is 2.38. The Labute approximate surface area is 191 Å². The zero-order valence-electron chi connectivity index (χ0n) is 18.1. The first-order valence-electron chi connectivity index (χ1n) is 10.1. The zero-order chi connectivity index (χ0) is 25.9. The largest absolute Gasteiger partial charge is 0.490 e. The Morgan fingerprint density at radius 2 is 1.59 bits per heavy atom. The van der Waals surface area contributed by atoms with Gasteiger partial charge in [-0.05, 0) is 37.8 Å². The number of imidazole rings is 1. The summed E-state index contributed by atoms with van der Waals surface area (Å²) in [4.78, 5) is 24.5. The Morgan fingerprint density at radius 1 is 1.06 bits per heavy atom. The average molecular weight is 497 g/mol. The summed E-state index contributed by atoms with van der Waals surface area (Å²) in [7, 11) is 0. The number of carboxylic acid groups (broad SMARTS) is 2. The van der Waals surface area contributed by atoms with Gasteiger partial charge in [0.25, 0.3) is 0 Å². The van der Waals surface area contributed by atoms with E-state index in [4.69, 9.17) is 19.8 Å². The predicted octanol–water partition coefficient (Wildman–Crippen LogP) is 4.59. The van der Waals surface area contributed by atoms with Gasteiger partial charge in [-0.3, -0.25) is 0 Å². The molecule has 0 saturated carbocycles. The fourth-order valence-electron chi connectivity index (χ4n) is 3.22. The molecule has 190 valence electrons. The van der Waals surface area contributed by atoms with Crippen molar-refractivity contribution in [3.8, 4) is 0 Å². The summed E-state index contributed by atoms with van der Waals surface area (Å²) in [5, 5.41) is 14.2. The van der Waals surface area contributed by atoms with Crippen molar-refractivity contribution in [2.75, 3.05) is 19.6 Å². The molecule has 7 nitrogen and oxygen atoms in total. The molecule has 0 bridgehead atoms. The van der Waals surface area contributed by atoms with Gasteiger partial charge in [-0.2, -0.15) is 26.3 Å². The average Bonchev–Trinajstić information content (AvgIpc) is 3.29. The van der Waals surface area contributed by atoms with Gasteiger partial charge in [-0.1, -0.05) is 30.3 Å². The monoisotopic (exact) mass is 497 g/mol. The second-order valence-corrected chi connectivity index (χ2v) is 7.47. The molecule has 2 heterocycles. The van der Waals surface area contributed by atoms with E-state index >= 15 is 0 Å². The summed E-state index contributed by atoms with van der Waals surface area (Å²) in [5.74, 6) is -4.82. The standard InChI is InChI=1S/C17H23N3.2C2HF3O2/c1-15(20-11-9-18-14-20)12-19-10-5-8-17(13-19)16-6-3-2-4-7-16;2*3-2(4,5)1(6)7/h2-4,6-7,9,11,14-15,17H,5,8,10,12-13H2,1H3;2*(H,6,7). The van der Waals surface area contributed by atoms with Crippen molar-refractivity contribution in [1.82, 2.24) is 14.5 Å². The Bertz CT molecular complexity index is 849. The summed E-state index contributed by atoms with van der Waals surface area (Å²) in [5.41, 5.74) is 1.49. The number of piperidine rings is 1. The lowest BCUT2D eigenvalue weighted by atomic mass is 9.90. The topological polar surface area (TPSA) is 95.7 Å². The first-order chi connectivity index (χ1) is 15.7. The highest BCUT2D eigenvalue weighted by atomic mass is 19.4. The van der Waals surface area contributed by atoms with E-state index < -0.39 is 24.3 Å². The Hall–Kier alpha value is -3.09. The molecular formula is C21H25F6N3O4. The van der Waals surface area contributed by atoms with E-state index in [1.165, 1.54) is 31.5 Å². The van der Waals surface area contributed by atoms with Crippen LogP contribution in [0.5, 0.6) is 0 Å². The van der Waals surface area contributed by atoms with Crippen LogP contribution < -0.4 is 0 Å². The van der Waals surface area contributed by atoms with E-state index in [1.807, 2.05) is 12.5 Å². The van der Waals surface area contributed by atoms with Gasteiger partial charge in [0.1, 0.15) is 0 Å². The number of carbonyl (C=O) groups is 2. The summed E-state index contributed by atoms with van der Waals surface area (Å²) in [6.45, 7) is 5.79. The van der Waals surface area contributed by atoms with Crippen LogP contribution in [0.15, 0.2) is 49.1 Å². The minimum absolute atomic E-state index is 0.493. The van der Waals surface area contributed by atoms with E-state index in [0.717, 1.165) is 6.54 Å². The number of alkyl halides is 6. The summed E-state index contributed by atoms with van der Waals surface area (Å²) in [6, 6.07) is 11.4. The minimum Gasteiger partial charge on any atom is -0.475 e. The molecule has 1 aliphatic heterocycles. The first kappa shape index (κ1) is 28.9. The van der Waals surface area contributed by atoms with Gasteiger partial charge < -0.3 is 19.7 Å². The summed E-state index contributed by atoms with van der Waals surface area (Å²) >= 11 is 0. The third kappa shape index (κ3) is 10.7. The number of benzene rings is 1. The van der Waals surface area contributed by atoms with E-state index in [9.17, 15) is 26.3 Å². The van der Waals surface area contributed by atoms with Crippen LogP contribution in [-0.4, -0.2) is 68.6 Å². The molecule has 0 aliphatic carbocycles. The molecule has 0 amide bonds. The molecule has 34 heavy (non-hydrogen) atoms. The molecule has 1 aromatic carbocycles. The first-order valence-corrected chi connectivity index (χ1v) is 10.1. The normalized spacial score (nSPS) is 17.4. The van der Waals surface area contributed by atoms with Crippen molar-refractivity contribution in [1.29, 1.82) is 0 Å². The van der Waals surface area contributed by atoms with E-state index in [0.29, 0.717) is 12.0 Å². The second-order valence-electron chi connectivity index (χ2n) is 7.47. The molecule has 3 rings (SSSR count). The summed E-state index contributed by atoms with van der Waals surface area (Å²) in [6.07, 6.45) is -1.71. The van der Waals surface area contributed by atoms with Gasteiger partial charge >= 0.3 is 24.3 Å². The minimum atomic E-state index is -5.08. The number of aliphatic carboxylic acids is 2. The van der Waals surface area contributed by atoms with Crippen LogP contribution in [0.25, 0.3) is 0 Å². The van der Waals surface area contributed by atoms with Gasteiger partial charge in [0.2, 0.25) is 0 Å². The molecule has 2 atom stereocenters. The van der Waals surface area contributed by atoms with Gasteiger partial charge in [0, 0.05) is 31.5 Å². The van der Waals surface area contributed by atoms with Crippen LogP contribution in [0, 0.1) is 0 Å². The maximum Gasteiger partial charge on any atom is 0.490 e. The summed E-state index contributed by atoms with van der Waals surface area (Å²) < 4.78 is 65.7. The number of halogens is 6. The van der Waals surface area contributed by atoms with Crippen LogP contribution in [0.3, 0.4) is 0 Å². The van der Waals surface area contributed by atoms with Crippen LogP contribution >= 0.6 is 0 Å². The SMILES string of the molecule is CC(CN1CCCC(c2ccccc2)C1)n1ccnc1.O=C(O)C(F)(F)F.O=C(O)C(F)(F)F. The van der Waals surface area contributed by atoms with Crippen molar-refractivity contribution in [2.24, 2.45) is 0 Å². The number of likely N-dealkylation sites (tertiary alicyclic amines) is 1. The van der Waals surface area contributed by atoms with Crippen LogP contribution in [0.1, 0.15) is 37.3 Å². The number of nitrogens with zero attached hydrogens (tertiary/aromatic N) is 3. The third-order valence-corrected chi connectivity index (χ3v) is 4.82. The molecule has 1 fully saturated rings. The van der Waals surface area contributed by atoms with Crippen molar-refractivity contribution >= 4 is 11.9 Å². The van der Waals surface area contributed by atoms with Gasteiger partial charge in [-0.15, -0.1) is 0 Å². The molecule has 1 aliphatic rings. The van der Waals surface area contributed by atoms with Crippen molar-refractivity contribution in [3.05, 3.63) is 54.6 Å². The third-order valence-electron chi connectivity index (χ3n) is 4.82. The lowest BCUT2D eigenvalue weighted by molar-refractivity contribution is -0.193. The fourth-order valence-corrected chi connectivity index (χ4v) is 3.22. The Kier molecular flexibility index (Phi) is 11.0. The number of hydrogen-bond donors (Lipinski definition) is 2. The van der Waals surface area contributed by atoms with Gasteiger partial charge in [0.15, 0.2) is 0 Å². The number of rotatable bonds is 4. The van der Waals surface area contributed by atoms with E-state index in [2.05, 4.69) is 57.9 Å². The number of hydrogen-bond acceptors (Lipinski definition) is 4. The number of carboxylic acids is 2. The fraction of sp³-hybridized carbons (Fsp3) is 0.476. The maximum atomic E-state index is 10.6. The Balaban J connectivity index is 0.000000343. The molecule has 2 N–H and O–H groups in total. The maximum absolute atomic E-state index is 10.6. The van der Waals surface area contributed by atoms with Crippen LogP contribution in [0.2, 0.25) is 0 Å². The molecule has 2 aromatic rings. The predicted molar refractivity (Wildman–Crippen MR) is 109 cm³/mol. The number of aromatic nitrogens is 2. The highest BCUT2D eigenvalue weighted by molar-refractivity contribution is 5.73. The quantitative estimate of drug-likeness (QED) is 0.600. The Morgan fingerprint density at radius 3 is 2.03 bits per heavy atom. The van der Waals surface area contributed by atoms with Crippen LogP contribution in [0.4, 0.5) is 26.3 Å². The highest BCUT2D eigenvalue weighted by Crippen LogP contribution is 2.27. The zero-order valence-corrected chi connectivity index (χ0v) is 18.1. The molecule has 13 heteroatoms. The smallest absolute Gasteiger partial charge is 0.475 e. The van der Waals surface area contributed by atoms with Gasteiger partial charge in [0.05, 0.1) is 6.33 Å². The van der Waals surface area contributed by atoms with Crippen molar-refractivity contribution in [2.45, 2.75) is 44.1 Å². The molecule has 0 radical (unpaired) electrons. The molecule has 0 spiro atoms. The van der Waals surface area contributed by atoms with Crippen molar-refractivity contribution < 1.29 is 46.1 Å². The lowest BCUT2D eigenvalue weighted by Gasteiger charge is -2.34. The van der Waals surface area contributed by atoms with Crippen LogP contribution in [-0.2, 0) is 9.59 Å². The molecule has 1 saturated heterocycles. The van der Waals surface area contributed by atoms with E-state index in [-0.39, 0.29) is 0 Å². The second kappa shape index (κ2) is 13.0. The molecule has 1 aromatic heterocycles. The van der Waals surface area contributed by atoms with E-state index in [1.54, 1.807) is 0 Å². The molecule has 2 unspecified atom stereocenters. The lowest BCUT2D eigenvalue weighted by Crippen LogP contribution is -2.37. The molecular weight excluding hydrogens is 472 g/mol.